The second kappa shape index (κ2) is 8.52. The van der Waals surface area contributed by atoms with Crippen LogP contribution in [0.25, 0.3) is 0 Å². The Hall–Kier alpha value is -2.82. The molecule has 0 saturated heterocycles. The Morgan fingerprint density at radius 1 is 1.19 bits per heavy atom. The van der Waals surface area contributed by atoms with Gasteiger partial charge in [0.1, 0.15) is 11.5 Å². The van der Waals surface area contributed by atoms with Crippen molar-refractivity contribution in [3.8, 4) is 11.5 Å². The number of hydrogen-bond acceptors (Lipinski definition) is 4. The average Bonchev–Trinajstić information content (AvgIpc) is 2.60. The van der Waals surface area contributed by atoms with Crippen molar-refractivity contribution in [2.24, 2.45) is 5.10 Å². The number of benzene rings is 2. The second-order valence-corrected chi connectivity index (χ2v) is 7.11. The summed E-state index contributed by atoms with van der Waals surface area (Å²) in [4.78, 5) is 12.0. The Labute approximate surface area is 155 Å². The van der Waals surface area contributed by atoms with Crippen molar-refractivity contribution in [1.29, 1.82) is 0 Å². The molecule has 0 aromatic heterocycles. The Balaban J connectivity index is 1.94. The quantitative estimate of drug-likeness (QED) is 0.633. The number of carbonyl (C=O) groups excluding carboxylic acids is 1. The predicted molar refractivity (Wildman–Crippen MR) is 104 cm³/mol. The Bertz CT molecular complexity index is 792. The van der Waals surface area contributed by atoms with Gasteiger partial charge in [-0.25, -0.2) is 5.43 Å². The zero-order valence-corrected chi connectivity index (χ0v) is 16.0. The van der Waals surface area contributed by atoms with Gasteiger partial charge >= 0.3 is 0 Å². The lowest BCUT2D eigenvalue weighted by atomic mass is 9.85. The van der Waals surface area contributed by atoms with Crippen LogP contribution >= 0.6 is 0 Å². The topological polar surface area (TPSA) is 59.9 Å². The number of methoxy groups -OCH3 is 1. The molecule has 0 spiro atoms. The summed E-state index contributed by atoms with van der Waals surface area (Å²) in [5.74, 6) is 1.14. The summed E-state index contributed by atoms with van der Waals surface area (Å²) in [6.45, 7) is 8.30. The van der Waals surface area contributed by atoms with E-state index in [0.717, 1.165) is 28.2 Å². The number of nitrogens with zero attached hydrogens (tertiary/aromatic N) is 1. The predicted octanol–water partition coefficient (Wildman–Crippen LogP) is 3.83. The van der Waals surface area contributed by atoms with E-state index in [4.69, 9.17) is 9.47 Å². The van der Waals surface area contributed by atoms with Gasteiger partial charge in [0, 0.05) is 0 Å². The lowest BCUT2D eigenvalue weighted by Gasteiger charge is -2.23. The summed E-state index contributed by atoms with van der Waals surface area (Å²) in [5.41, 5.74) is 5.47. The Morgan fingerprint density at radius 3 is 2.65 bits per heavy atom. The Morgan fingerprint density at radius 2 is 1.96 bits per heavy atom. The van der Waals surface area contributed by atoms with Crippen LogP contribution in [0.3, 0.4) is 0 Å². The number of amides is 1. The van der Waals surface area contributed by atoms with Crippen LogP contribution in [-0.2, 0) is 10.2 Å². The normalized spacial score (nSPS) is 11.4. The van der Waals surface area contributed by atoms with Crippen molar-refractivity contribution in [3.05, 3.63) is 59.2 Å². The molecule has 1 N–H and O–H groups in total. The van der Waals surface area contributed by atoms with Crippen LogP contribution in [-0.4, -0.2) is 25.8 Å². The minimum absolute atomic E-state index is 0.0671. The molecule has 2 rings (SSSR count). The first-order chi connectivity index (χ1) is 12.3. The molecule has 5 heteroatoms. The fourth-order valence-electron chi connectivity index (χ4n) is 2.43. The minimum Gasteiger partial charge on any atom is -0.497 e. The van der Waals surface area contributed by atoms with Gasteiger partial charge in [0.05, 0.1) is 13.3 Å². The smallest absolute Gasteiger partial charge is 0.277 e. The third kappa shape index (κ3) is 5.62. The first kappa shape index (κ1) is 19.5. The lowest BCUT2D eigenvalue weighted by molar-refractivity contribution is -0.123. The number of rotatable bonds is 6. The van der Waals surface area contributed by atoms with Crippen molar-refractivity contribution in [1.82, 2.24) is 5.43 Å². The summed E-state index contributed by atoms with van der Waals surface area (Å²) < 4.78 is 10.9. The minimum atomic E-state index is -0.315. The van der Waals surface area contributed by atoms with Gasteiger partial charge < -0.3 is 9.47 Å². The van der Waals surface area contributed by atoms with Crippen molar-refractivity contribution in [3.63, 3.8) is 0 Å². The number of ether oxygens (including phenoxy) is 2. The monoisotopic (exact) mass is 354 g/mol. The van der Waals surface area contributed by atoms with E-state index >= 15 is 0 Å². The molecule has 0 aliphatic rings. The fourth-order valence-corrected chi connectivity index (χ4v) is 2.43. The maximum Gasteiger partial charge on any atom is 0.277 e. The standard InChI is InChI=1S/C21H26N2O3/c1-15-9-10-19(18(11-15)21(2,3)4)26-14-20(24)23-22-13-16-7-6-8-17(12-16)25-5/h6-13H,14H2,1-5H3,(H,23,24)/b22-13+. The number of hydrazone groups is 1. The highest BCUT2D eigenvalue weighted by Gasteiger charge is 2.19. The van der Waals surface area contributed by atoms with Crippen molar-refractivity contribution in [2.45, 2.75) is 33.1 Å². The van der Waals surface area contributed by atoms with Gasteiger partial charge in [0.25, 0.3) is 5.91 Å². The van der Waals surface area contributed by atoms with E-state index in [2.05, 4.69) is 37.4 Å². The number of hydrogen-bond donors (Lipinski definition) is 1. The first-order valence-corrected chi connectivity index (χ1v) is 8.49. The molecule has 0 aliphatic carbocycles. The zero-order valence-electron chi connectivity index (χ0n) is 16.0. The molecule has 0 unspecified atom stereocenters. The van der Waals surface area contributed by atoms with Gasteiger partial charge in [-0.05, 0) is 41.7 Å². The molecule has 0 atom stereocenters. The summed E-state index contributed by atoms with van der Waals surface area (Å²) in [6.07, 6.45) is 1.56. The second-order valence-electron chi connectivity index (χ2n) is 7.11. The van der Waals surface area contributed by atoms with Crippen LogP contribution in [0.2, 0.25) is 0 Å². The van der Waals surface area contributed by atoms with E-state index < -0.39 is 0 Å². The highest BCUT2D eigenvalue weighted by Crippen LogP contribution is 2.32. The molecule has 5 nitrogen and oxygen atoms in total. The molecule has 0 fully saturated rings. The summed E-state index contributed by atoms with van der Waals surface area (Å²) in [6, 6.07) is 13.4. The summed E-state index contributed by atoms with van der Waals surface area (Å²) in [7, 11) is 1.60. The molecule has 0 bridgehead atoms. The van der Waals surface area contributed by atoms with E-state index in [0.29, 0.717) is 0 Å². The third-order valence-electron chi connectivity index (χ3n) is 3.80. The van der Waals surface area contributed by atoms with Gasteiger partial charge in [-0.1, -0.05) is 50.6 Å². The molecule has 1 amide bonds. The summed E-state index contributed by atoms with van der Waals surface area (Å²) in [5, 5.41) is 3.95. The van der Waals surface area contributed by atoms with Gasteiger partial charge in [-0.2, -0.15) is 5.10 Å². The molecule has 138 valence electrons. The van der Waals surface area contributed by atoms with Gasteiger partial charge in [-0.15, -0.1) is 0 Å². The van der Waals surface area contributed by atoms with E-state index in [1.54, 1.807) is 13.3 Å². The molecule has 0 heterocycles. The highest BCUT2D eigenvalue weighted by molar-refractivity contribution is 5.83. The number of aryl methyl sites for hydroxylation is 1. The van der Waals surface area contributed by atoms with E-state index in [1.165, 1.54) is 0 Å². The summed E-state index contributed by atoms with van der Waals surface area (Å²) >= 11 is 0. The van der Waals surface area contributed by atoms with Crippen LogP contribution in [0.1, 0.15) is 37.5 Å². The van der Waals surface area contributed by atoms with Crippen LogP contribution in [0, 0.1) is 6.92 Å². The Kier molecular flexibility index (Phi) is 6.39. The van der Waals surface area contributed by atoms with Gasteiger partial charge in [0.2, 0.25) is 0 Å². The van der Waals surface area contributed by atoms with Crippen LogP contribution in [0.15, 0.2) is 47.6 Å². The SMILES string of the molecule is COc1cccc(/C=N/NC(=O)COc2ccc(C)cc2C(C)(C)C)c1. The first-order valence-electron chi connectivity index (χ1n) is 8.49. The van der Waals surface area contributed by atoms with E-state index in [9.17, 15) is 4.79 Å². The van der Waals surface area contributed by atoms with Crippen molar-refractivity contribution < 1.29 is 14.3 Å². The highest BCUT2D eigenvalue weighted by atomic mass is 16.5. The maximum absolute atomic E-state index is 12.0. The molecular formula is C21H26N2O3. The lowest BCUT2D eigenvalue weighted by Crippen LogP contribution is -2.25. The maximum atomic E-state index is 12.0. The molecular weight excluding hydrogens is 328 g/mol. The molecule has 2 aromatic carbocycles. The molecule has 0 radical (unpaired) electrons. The van der Waals surface area contributed by atoms with Crippen LogP contribution in [0.5, 0.6) is 11.5 Å². The molecule has 0 aliphatic heterocycles. The van der Waals surface area contributed by atoms with Crippen molar-refractivity contribution in [2.75, 3.05) is 13.7 Å². The number of nitrogens with one attached hydrogen (secondary N) is 1. The molecule has 2 aromatic rings. The molecule has 26 heavy (non-hydrogen) atoms. The third-order valence-corrected chi connectivity index (χ3v) is 3.80. The van der Waals surface area contributed by atoms with E-state index in [-0.39, 0.29) is 17.9 Å². The molecule has 0 saturated carbocycles. The van der Waals surface area contributed by atoms with Gasteiger partial charge in [-0.3, -0.25) is 4.79 Å². The largest absolute Gasteiger partial charge is 0.497 e. The van der Waals surface area contributed by atoms with Crippen LogP contribution < -0.4 is 14.9 Å². The fraction of sp³-hybridized carbons (Fsp3) is 0.333. The van der Waals surface area contributed by atoms with E-state index in [1.807, 2.05) is 43.3 Å². The van der Waals surface area contributed by atoms with Crippen molar-refractivity contribution >= 4 is 12.1 Å². The number of carbonyl (C=O) groups is 1. The van der Waals surface area contributed by atoms with Crippen LogP contribution in [0.4, 0.5) is 0 Å². The van der Waals surface area contributed by atoms with Gasteiger partial charge in [0.15, 0.2) is 6.61 Å². The zero-order chi connectivity index (χ0) is 19.2. The average molecular weight is 354 g/mol.